The van der Waals surface area contributed by atoms with Gasteiger partial charge in [0.1, 0.15) is 5.75 Å². The average molecular weight is 248 g/mol. The SMILES string of the molecule is CCOc1cccc(NC2CCCC(C)C2)c1N. The highest BCUT2D eigenvalue weighted by molar-refractivity contribution is 5.73. The van der Waals surface area contributed by atoms with Crippen LogP contribution in [0.3, 0.4) is 0 Å². The Morgan fingerprint density at radius 2 is 2.22 bits per heavy atom. The molecule has 1 fully saturated rings. The van der Waals surface area contributed by atoms with E-state index in [-0.39, 0.29) is 0 Å². The molecule has 0 aliphatic heterocycles. The maximum atomic E-state index is 6.13. The first kappa shape index (κ1) is 13.1. The average Bonchev–Trinajstić information content (AvgIpc) is 2.35. The topological polar surface area (TPSA) is 47.3 Å². The number of hydrogen-bond donors (Lipinski definition) is 2. The predicted octanol–water partition coefficient (Wildman–Crippen LogP) is 3.66. The normalized spacial score (nSPS) is 23.7. The van der Waals surface area contributed by atoms with Gasteiger partial charge in [-0.25, -0.2) is 0 Å². The molecule has 2 atom stereocenters. The molecule has 100 valence electrons. The maximum Gasteiger partial charge on any atom is 0.144 e. The lowest BCUT2D eigenvalue weighted by Gasteiger charge is -2.29. The van der Waals surface area contributed by atoms with Gasteiger partial charge in [-0.2, -0.15) is 0 Å². The molecule has 0 aromatic heterocycles. The zero-order valence-electron chi connectivity index (χ0n) is 11.4. The van der Waals surface area contributed by atoms with Crippen molar-refractivity contribution in [2.45, 2.75) is 45.6 Å². The summed E-state index contributed by atoms with van der Waals surface area (Å²) in [7, 11) is 0. The largest absolute Gasteiger partial charge is 0.492 e. The minimum Gasteiger partial charge on any atom is -0.492 e. The number of nitrogen functional groups attached to an aromatic ring is 1. The minimum absolute atomic E-state index is 0.549. The first-order chi connectivity index (χ1) is 8.70. The standard InChI is InChI=1S/C15H24N2O/c1-3-18-14-9-5-8-13(15(14)16)17-12-7-4-6-11(2)10-12/h5,8-9,11-12,17H,3-4,6-7,10,16H2,1-2H3. The number of ether oxygens (including phenoxy) is 1. The summed E-state index contributed by atoms with van der Waals surface area (Å²) in [5.41, 5.74) is 7.88. The lowest BCUT2D eigenvalue weighted by atomic mass is 9.87. The molecule has 0 amide bonds. The van der Waals surface area contributed by atoms with Crippen molar-refractivity contribution in [3.63, 3.8) is 0 Å². The molecule has 0 bridgehead atoms. The van der Waals surface area contributed by atoms with Crippen LogP contribution in [-0.2, 0) is 0 Å². The van der Waals surface area contributed by atoms with Gasteiger partial charge in [0, 0.05) is 6.04 Å². The highest BCUT2D eigenvalue weighted by Gasteiger charge is 2.19. The molecule has 0 heterocycles. The van der Waals surface area contributed by atoms with E-state index in [0.717, 1.165) is 23.0 Å². The van der Waals surface area contributed by atoms with Gasteiger partial charge in [-0.3, -0.25) is 0 Å². The molecule has 3 nitrogen and oxygen atoms in total. The van der Waals surface area contributed by atoms with Crippen LogP contribution in [0.2, 0.25) is 0 Å². The number of para-hydroxylation sites is 1. The zero-order valence-corrected chi connectivity index (χ0v) is 11.4. The van der Waals surface area contributed by atoms with Crippen molar-refractivity contribution in [3.05, 3.63) is 18.2 Å². The molecule has 1 saturated carbocycles. The van der Waals surface area contributed by atoms with Crippen molar-refractivity contribution >= 4 is 11.4 Å². The molecular weight excluding hydrogens is 224 g/mol. The fourth-order valence-electron chi connectivity index (χ4n) is 2.74. The van der Waals surface area contributed by atoms with Gasteiger partial charge in [0.15, 0.2) is 0 Å². The third-order valence-electron chi connectivity index (χ3n) is 3.66. The van der Waals surface area contributed by atoms with Gasteiger partial charge in [-0.05, 0) is 37.8 Å². The summed E-state index contributed by atoms with van der Waals surface area (Å²) >= 11 is 0. The van der Waals surface area contributed by atoms with Crippen LogP contribution in [-0.4, -0.2) is 12.6 Å². The number of rotatable bonds is 4. The number of benzene rings is 1. The van der Waals surface area contributed by atoms with Crippen molar-refractivity contribution in [3.8, 4) is 5.75 Å². The Labute approximate surface area is 110 Å². The van der Waals surface area contributed by atoms with Gasteiger partial charge in [0.25, 0.3) is 0 Å². The second-order valence-electron chi connectivity index (χ2n) is 5.26. The van der Waals surface area contributed by atoms with Gasteiger partial charge in [0.05, 0.1) is 18.0 Å². The van der Waals surface area contributed by atoms with E-state index in [0.29, 0.717) is 12.6 Å². The Balaban J connectivity index is 2.06. The molecule has 2 rings (SSSR count). The lowest BCUT2D eigenvalue weighted by Crippen LogP contribution is -2.26. The quantitative estimate of drug-likeness (QED) is 0.799. The van der Waals surface area contributed by atoms with Crippen molar-refractivity contribution in [2.24, 2.45) is 5.92 Å². The molecule has 3 N–H and O–H groups in total. The summed E-state index contributed by atoms with van der Waals surface area (Å²) in [4.78, 5) is 0. The number of anilines is 2. The fourth-order valence-corrected chi connectivity index (χ4v) is 2.74. The molecule has 1 aliphatic rings. The van der Waals surface area contributed by atoms with Crippen molar-refractivity contribution in [1.82, 2.24) is 0 Å². The van der Waals surface area contributed by atoms with E-state index < -0.39 is 0 Å². The van der Waals surface area contributed by atoms with Crippen LogP contribution in [0, 0.1) is 5.92 Å². The van der Waals surface area contributed by atoms with E-state index in [1.165, 1.54) is 25.7 Å². The van der Waals surface area contributed by atoms with Crippen molar-refractivity contribution < 1.29 is 4.74 Å². The van der Waals surface area contributed by atoms with Gasteiger partial charge in [-0.15, -0.1) is 0 Å². The van der Waals surface area contributed by atoms with Crippen molar-refractivity contribution in [1.29, 1.82) is 0 Å². The first-order valence-electron chi connectivity index (χ1n) is 6.98. The van der Waals surface area contributed by atoms with E-state index >= 15 is 0 Å². The van der Waals surface area contributed by atoms with Crippen LogP contribution in [0.25, 0.3) is 0 Å². The number of nitrogens with two attached hydrogens (primary N) is 1. The molecule has 0 spiro atoms. The third kappa shape index (κ3) is 3.09. The maximum absolute atomic E-state index is 6.13. The third-order valence-corrected chi connectivity index (χ3v) is 3.66. The lowest BCUT2D eigenvalue weighted by molar-refractivity contribution is 0.342. The predicted molar refractivity (Wildman–Crippen MR) is 77.1 cm³/mol. The van der Waals surface area contributed by atoms with Crippen molar-refractivity contribution in [2.75, 3.05) is 17.7 Å². The van der Waals surface area contributed by atoms with Crippen LogP contribution < -0.4 is 15.8 Å². The molecule has 2 unspecified atom stereocenters. The van der Waals surface area contributed by atoms with Gasteiger partial charge >= 0.3 is 0 Å². The fraction of sp³-hybridized carbons (Fsp3) is 0.600. The van der Waals surface area contributed by atoms with Crippen LogP contribution in [0.1, 0.15) is 39.5 Å². The van der Waals surface area contributed by atoms with Gasteiger partial charge < -0.3 is 15.8 Å². The van der Waals surface area contributed by atoms with E-state index in [1.54, 1.807) is 0 Å². The van der Waals surface area contributed by atoms with E-state index in [2.05, 4.69) is 12.2 Å². The summed E-state index contributed by atoms with van der Waals surface area (Å²) < 4.78 is 5.52. The van der Waals surface area contributed by atoms with Crippen LogP contribution >= 0.6 is 0 Å². The minimum atomic E-state index is 0.549. The zero-order chi connectivity index (χ0) is 13.0. The molecule has 0 saturated heterocycles. The summed E-state index contributed by atoms with van der Waals surface area (Å²) in [6.45, 7) is 4.95. The van der Waals surface area contributed by atoms with Crippen LogP contribution in [0.5, 0.6) is 5.75 Å². The summed E-state index contributed by atoms with van der Waals surface area (Å²) in [6, 6.07) is 6.51. The molecule has 18 heavy (non-hydrogen) atoms. The van der Waals surface area contributed by atoms with Gasteiger partial charge in [0.2, 0.25) is 0 Å². The highest BCUT2D eigenvalue weighted by atomic mass is 16.5. The number of hydrogen-bond acceptors (Lipinski definition) is 3. The molecule has 3 heteroatoms. The summed E-state index contributed by atoms with van der Waals surface area (Å²) in [5, 5.41) is 3.57. The van der Waals surface area contributed by atoms with E-state index in [1.807, 2.05) is 25.1 Å². The smallest absolute Gasteiger partial charge is 0.144 e. The Kier molecular flexibility index (Phi) is 4.34. The number of nitrogens with one attached hydrogen (secondary N) is 1. The highest BCUT2D eigenvalue weighted by Crippen LogP contribution is 2.32. The van der Waals surface area contributed by atoms with E-state index in [9.17, 15) is 0 Å². The monoisotopic (exact) mass is 248 g/mol. The van der Waals surface area contributed by atoms with Crippen LogP contribution in [0.15, 0.2) is 18.2 Å². The molecule has 0 radical (unpaired) electrons. The summed E-state index contributed by atoms with van der Waals surface area (Å²) in [5.74, 6) is 1.60. The van der Waals surface area contributed by atoms with E-state index in [4.69, 9.17) is 10.5 Å². The molecule has 1 aromatic rings. The molecule has 1 aliphatic carbocycles. The second kappa shape index (κ2) is 5.98. The molecule has 1 aromatic carbocycles. The summed E-state index contributed by atoms with van der Waals surface area (Å²) in [6.07, 6.45) is 5.14. The Hall–Kier alpha value is -1.38. The van der Waals surface area contributed by atoms with Gasteiger partial charge in [-0.1, -0.05) is 25.8 Å². The molecular formula is C15H24N2O. The first-order valence-corrected chi connectivity index (χ1v) is 6.98. The Bertz CT molecular complexity index is 392. The Morgan fingerprint density at radius 3 is 2.94 bits per heavy atom. The Morgan fingerprint density at radius 1 is 1.39 bits per heavy atom. The second-order valence-corrected chi connectivity index (χ2v) is 5.26. The van der Waals surface area contributed by atoms with Crippen LogP contribution in [0.4, 0.5) is 11.4 Å².